The molecule has 3 aromatic rings. The van der Waals surface area contributed by atoms with Gasteiger partial charge < -0.3 is 14.5 Å². The number of H-pyrrole nitrogens is 1. The van der Waals surface area contributed by atoms with Gasteiger partial charge in [0.1, 0.15) is 5.69 Å². The molecule has 0 saturated carbocycles. The predicted molar refractivity (Wildman–Crippen MR) is 113 cm³/mol. The number of nitrogens with one attached hydrogen (secondary N) is 1. The minimum atomic E-state index is -4.47. The molecule has 18 heteroatoms. The molecule has 1 N–H and O–H groups in total. The van der Waals surface area contributed by atoms with Gasteiger partial charge in [0.2, 0.25) is 0 Å². The highest BCUT2D eigenvalue weighted by molar-refractivity contribution is 7.78. The number of ether oxygens (including phenoxy) is 2. The highest BCUT2D eigenvalue weighted by Crippen LogP contribution is 2.17. The van der Waals surface area contributed by atoms with E-state index in [0.717, 1.165) is 17.0 Å². The topological polar surface area (TPSA) is 120 Å². The van der Waals surface area contributed by atoms with Gasteiger partial charge in [-0.25, -0.2) is 19.9 Å². The first-order valence-corrected chi connectivity index (χ1v) is 9.62. The van der Waals surface area contributed by atoms with Gasteiger partial charge in [0, 0.05) is 12.3 Å². The molecule has 0 aliphatic carbocycles. The number of hydrogen-bond acceptors (Lipinski definition) is 10. The van der Waals surface area contributed by atoms with Crippen molar-refractivity contribution >= 4 is 35.3 Å². The van der Waals surface area contributed by atoms with E-state index in [-0.39, 0.29) is 16.5 Å². The number of aromatic amines is 1. The lowest BCUT2D eigenvalue weighted by atomic mass is 10.5. The zero-order valence-electron chi connectivity index (χ0n) is 16.9. The van der Waals surface area contributed by atoms with E-state index >= 15 is 0 Å². The van der Waals surface area contributed by atoms with Gasteiger partial charge in [-0.3, -0.25) is 9.36 Å². The second-order valence-corrected chi connectivity index (χ2v) is 6.48. The van der Waals surface area contributed by atoms with Crippen LogP contribution in [0.1, 0.15) is 0 Å². The minimum Gasteiger partial charge on any atom is -0.454 e. The van der Waals surface area contributed by atoms with Crippen LogP contribution in [0.15, 0.2) is 46.8 Å². The maximum atomic E-state index is 11.9. The van der Waals surface area contributed by atoms with Crippen molar-refractivity contribution in [3.63, 3.8) is 0 Å². The van der Waals surface area contributed by atoms with Crippen LogP contribution in [0.2, 0.25) is 0 Å². The molecule has 0 aliphatic heterocycles. The third-order valence-corrected chi connectivity index (χ3v) is 3.64. The zero-order valence-corrected chi connectivity index (χ0v) is 18.5. The smallest absolute Gasteiger partial charge is 0.422 e. The fourth-order valence-corrected chi connectivity index (χ4v) is 2.32. The number of aliphatic imine (C=N–C) groups is 1. The SMILES string of the molecule is FC(F)(F)COc1ncc(N=C=S)cn1.O=c1cc[nH]c(=S)n1-c1cnc(OCC(F)(F)F)nc1. The average Bonchev–Trinajstić information content (AvgIpc) is 2.78. The van der Waals surface area contributed by atoms with Crippen LogP contribution in [0, 0.1) is 4.77 Å². The third kappa shape index (κ3) is 9.95. The van der Waals surface area contributed by atoms with Gasteiger partial charge in [-0.15, -0.1) is 0 Å². The van der Waals surface area contributed by atoms with Crippen LogP contribution < -0.4 is 15.0 Å². The Balaban J connectivity index is 0.000000258. The summed E-state index contributed by atoms with van der Waals surface area (Å²) in [5.41, 5.74) is 0.0990. The molecule has 0 radical (unpaired) electrons. The molecule has 0 atom stereocenters. The van der Waals surface area contributed by atoms with Crippen LogP contribution in [0.3, 0.4) is 0 Å². The van der Waals surface area contributed by atoms with E-state index in [1.807, 2.05) is 0 Å². The molecule has 3 heterocycles. The lowest BCUT2D eigenvalue weighted by Crippen LogP contribution is -2.21. The monoisotopic (exact) mass is 539 g/mol. The van der Waals surface area contributed by atoms with Crippen molar-refractivity contribution < 1.29 is 35.8 Å². The first-order chi connectivity index (χ1) is 16.4. The number of halogens is 6. The number of hydrogen-bond donors (Lipinski definition) is 1. The molecule has 35 heavy (non-hydrogen) atoms. The minimum absolute atomic E-state index is 0.116. The summed E-state index contributed by atoms with van der Waals surface area (Å²) >= 11 is 9.24. The van der Waals surface area contributed by atoms with Gasteiger partial charge >= 0.3 is 24.4 Å². The fourth-order valence-electron chi connectivity index (χ4n) is 1.95. The van der Waals surface area contributed by atoms with Crippen LogP contribution in [0.5, 0.6) is 12.0 Å². The summed E-state index contributed by atoms with van der Waals surface area (Å²) in [6.07, 6.45) is -2.86. The van der Waals surface area contributed by atoms with Crippen molar-refractivity contribution in [3.05, 3.63) is 52.2 Å². The molecule has 0 bridgehead atoms. The molecule has 0 amide bonds. The summed E-state index contributed by atoms with van der Waals surface area (Å²) in [6, 6.07) is 0.435. The first-order valence-electron chi connectivity index (χ1n) is 8.80. The number of isothiocyanates is 1. The largest absolute Gasteiger partial charge is 0.454 e. The van der Waals surface area contributed by atoms with Gasteiger partial charge in [-0.05, 0) is 24.4 Å². The highest BCUT2D eigenvalue weighted by atomic mass is 32.1. The summed E-state index contributed by atoms with van der Waals surface area (Å²) in [5, 5.41) is 2.07. The zero-order chi connectivity index (χ0) is 26.1. The molecule has 186 valence electrons. The van der Waals surface area contributed by atoms with Gasteiger partial charge in [0.15, 0.2) is 18.0 Å². The van der Waals surface area contributed by atoms with Crippen LogP contribution in [0.25, 0.3) is 5.69 Å². The third-order valence-electron chi connectivity index (χ3n) is 3.25. The van der Waals surface area contributed by atoms with Gasteiger partial charge in [0.05, 0.1) is 35.6 Å². The summed E-state index contributed by atoms with van der Waals surface area (Å²) < 4.78 is 80.8. The highest BCUT2D eigenvalue weighted by Gasteiger charge is 2.29. The van der Waals surface area contributed by atoms with Crippen LogP contribution in [0.4, 0.5) is 32.0 Å². The van der Waals surface area contributed by atoms with Gasteiger partial charge in [-0.1, -0.05) is 0 Å². The Morgan fingerprint density at radius 3 is 1.86 bits per heavy atom. The van der Waals surface area contributed by atoms with E-state index in [1.165, 1.54) is 24.7 Å². The summed E-state index contributed by atoms with van der Waals surface area (Å²) in [7, 11) is 0. The predicted octanol–water partition coefficient (Wildman–Crippen LogP) is 3.78. The molecule has 0 aliphatic rings. The van der Waals surface area contributed by atoms with Crippen molar-refractivity contribution in [3.8, 4) is 17.7 Å². The molecular formula is C17H11F6N7O3S2. The molecule has 0 unspecified atom stereocenters. The second kappa shape index (κ2) is 12.1. The summed E-state index contributed by atoms with van der Waals surface area (Å²) in [4.78, 5) is 31.9. The molecule has 10 nitrogen and oxygen atoms in total. The summed E-state index contributed by atoms with van der Waals surface area (Å²) in [6.45, 7) is -2.92. The number of alkyl halides is 6. The first kappa shape index (κ1) is 27.5. The van der Waals surface area contributed by atoms with Crippen molar-refractivity contribution in [1.82, 2.24) is 29.5 Å². The van der Waals surface area contributed by atoms with Gasteiger partial charge in [-0.2, -0.15) is 31.3 Å². The van der Waals surface area contributed by atoms with Crippen LogP contribution in [-0.4, -0.2) is 60.2 Å². The van der Waals surface area contributed by atoms with E-state index < -0.39 is 37.1 Å². The Kier molecular flexibility index (Phi) is 9.50. The number of nitrogens with zero attached hydrogens (tertiary/aromatic N) is 6. The molecule has 3 aromatic heterocycles. The van der Waals surface area contributed by atoms with Gasteiger partial charge in [0.25, 0.3) is 5.56 Å². The molecule has 3 rings (SSSR count). The number of thiocarbonyl (C=S) groups is 1. The Bertz CT molecular complexity index is 1240. The van der Waals surface area contributed by atoms with Crippen molar-refractivity contribution in [2.24, 2.45) is 4.99 Å². The van der Waals surface area contributed by atoms with E-state index in [0.29, 0.717) is 5.69 Å². The normalized spacial score (nSPS) is 11.0. The van der Waals surface area contributed by atoms with E-state index in [9.17, 15) is 31.1 Å². The maximum Gasteiger partial charge on any atom is 0.422 e. The quantitative estimate of drug-likeness (QED) is 0.284. The van der Waals surface area contributed by atoms with Crippen molar-refractivity contribution in [2.45, 2.75) is 12.4 Å². The molecule has 0 fully saturated rings. The van der Waals surface area contributed by atoms with Crippen molar-refractivity contribution in [2.75, 3.05) is 13.2 Å². The lowest BCUT2D eigenvalue weighted by molar-refractivity contribution is -0.155. The van der Waals surface area contributed by atoms with E-state index in [2.05, 4.69) is 56.8 Å². The molecule has 0 spiro atoms. The molecule has 0 aromatic carbocycles. The Labute approximate surface area is 201 Å². The van der Waals surface area contributed by atoms with E-state index in [4.69, 9.17) is 12.2 Å². The standard InChI is InChI=1S/C10H7F3N4O2S.C7H4F3N3OS/c11-10(12,13)5-19-8-15-3-6(4-16-8)17-7(18)1-2-14-9(17)20;8-7(9,10)3-14-6-11-1-5(2-12-6)13-4-15/h1-4H,5H2,(H,14,20);1-2H,3H2. The number of aromatic nitrogens is 6. The number of rotatable bonds is 6. The van der Waals surface area contributed by atoms with E-state index in [1.54, 1.807) is 0 Å². The Morgan fingerprint density at radius 1 is 0.943 bits per heavy atom. The molecular weight excluding hydrogens is 528 g/mol. The summed E-state index contributed by atoms with van der Waals surface area (Å²) in [5.74, 6) is 0. The second-order valence-electron chi connectivity index (χ2n) is 5.91. The fraction of sp³-hybridized carbons (Fsp3) is 0.235. The molecule has 0 saturated heterocycles. The van der Waals surface area contributed by atoms with Crippen molar-refractivity contribution in [1.29, 1.82) is 0 Å². The lowest BCUT2D eigenvalue weighted by Gasteiger charge is -2.08. The van der Waals surface area contributed by atoms with Crippen LogP contribution >= 0.6 is 24.4 Å². The maximum absolute atomic E-state index is 11.9. The average molecular weight is 539 g/mol. The Hall–Kier alpha value is -3.76. The Morgan fingerprint density at radius 2 is 1.43 bits per heavy atom. The van der Waals surface area contributed by atoms with Crippen LogP contribution in [-0.2, 0) is 0 Å².